The van der Waals surface area contributed by atoms with E-state index in [1.165, 1.54) is 13.0 Å². The second-order valence-electron chi connectivity index (χ2n) is 8.47. The fraction of sp³-hybridized carbons (Fsp3) is 0.375. The fourth-order valence-electron chi connectivity index (χ4n) is 4.20. The molecule has 0 bridgehead atoms. The summed E-state index contributed by atoms with van der Waals surface area (Å²) in [6.45, 7) is 5.83. The van der Waals surface area contributed by atoms with Gasteiger partial charge in [0, 0.05) is 48.3 Å². The van der Waals surface area contributed by atoms with E-state index in [4.69, 9.17) is 0 Å². The Balaban J connectivity index is 1.60. The molecule has 7 nitrogen and oxygen atoms in total. The minimum atomic E-state index is -4.64. The van der Waals surface area contributed by atoms with E-state index in [0.717, 1.165) is 5.56 Å². The maximum absolute atomic E-state index is 13.7. The lowest BCUT2D eigenvalue weighted by molar-refractivity contribution is -0.145. The number of piperidine rings is 1. The summed E-state index contributed by atoms with van der Waals surface area (Å²) < 4.78 is 39.5. The molecule has 1 amide bonds. The highest BCUT2D eigenvalue weighted by Gasteiger charge is 2.36. The summed E-state index contributed by atoms with van der Waals surface area (Å²) in [6, 6.07) is 8.20. The minimum Gasteiger partial charge on any atom is -0.365 e. The van der Waals surface area contributed by atoms with E-state index in [1.807, 2.05) is 32.0 Å². The van der Waals surface area contributed by atoms with Gasteiger partial charge in [-0.25, -0.2) is 19.9 Å². The van der Waals surface area contributed by atoms with Gasteiger partial charge in [0.1, 0.15) is 5.82 Å². The number of aromatic nitrogens is 4. The third-order valence-corrected chi connectivity index (χ3v) is 5.90. The van der Waals surface area contributed by atoms with E-state index in [9.17, 15) is 18.0 Å². The zero-order valence-electron chi connectivity index (χ0n) is 19.1. The molecule has 0 aliphatic carbocycles. The predicted octanol–water partition coefficient (Wildman–Crippen LogP) is 4.67. The Kier molecular flexibility index (Phi) is 6.49. The summed E-state index contributed by atoms with van der Waals surface area (Å²) in [5.41, 5.74) is 2.28. The quantitative estimate of drug-likeness (QED) is 0.597. The number of benzene rings is 1. The standard InChI is InChI=1S/C24H25F3N6O/c1-14-7-8-17(21-28-9-5-10-29-21)18(12-14)22(34)33-11-4-6-19(16(33)3)31-20-13-15(2)30-23(32-20)24(25,26)27/h5,7-10,12-13,16,19H,4,6,11H2,1-3H3,(H,30,31,32)/t16-,19?/m0/s1. The normalized spacial score (nSPS) is 18.6. The molecular weight excluding hydrogens is 445 g/mol. The van der Waals surface area contributed by atoms with Crippen LogP contribution in [-0.2, 0) is 6.18 Å². The number of amides is 1. The number of carbonyl (C=O) groups is 1. The minimum absolute atomic E-state index is 0.0971. The van der Waals surface area contributed by atoms with Crippen LogP contribution in [0.1, 0.15) is 47.2 Å². The molecule has 10 heteroatoms. The fourth-order valence-corrected chi connectivity index (χ4v) is 4.20. The van der Waals surface area contributed by atoms with Crippen LogP contribution in [0.15, 0.2) is 42.7 Å². The molecule has 1 fully saturated rings. The Morgan fingerprint density at radius 2 is 1.85 bits per heavy atom. The number of hydrogen-bond acceptors (Lipinski definition) is 6. The largest absolute Gasteiger partial charge is 0.451 e. The Labute approximate surface area is 195 Å². The highest BCUT2D eigenvalue weighted by Crippen LogP contribution is 2.30. The molecule has 3 aromatic rings. The number of halogens is 3. The SMILES string of the molecule is Cc1ccc(-c2ncccn2)c(C(=O)N2CCCC(Nc3cc(C)nc(C(F)(F)F)n3)[C@@H]2C)c1. The first-order chi connectivity index (χ1) is 16.1. The van der Waals surface area contributed by atoms with Crippen molar-refractivity contribution in [2.45, 2.75) is 51.9 Å². The molecule has 0 radical (unpaired) electrons. The van der Waals surface area contributed by atoms with Gasteiger partial charge < -0.3 is 10.2 Å². The first-order valence-electron chi connectivity index (χ1n) is 11.0. The van der Waals surface area contributed by atoms with Crippen LogP contribution in [0.3, 0.4) is 0 Å². The van der Waals surface area contributed by atoms with Gasteiger partial charge in [-0.3, -0.25) is 4.79 Å². The highest BCUT2D eigenvalue weighted by atomic mass is 19.4. The van der Waals surface area contributed by atoms with Crippen molar-refractivity contribution in [3.8, 4) is 11.4 Å². The van der Waals surface area contributed by atoms with E-state index in [0.29, 0.717) is 36.3 Å². The van der Waals surface area contributed by atoms with Crippen molar-refractivity contribution in [1.29, 1.82) is 0 Å². The number of nitrogens with one attached hydrogen (secondary N) is 1. The van der Waals surface area contributed by atoms with Crippen LogP contribution >= 0.6 is 0 Å². The lowest BCUT2D eigenvalue weighted by Crippen LogP contribution is -2.52. The smallest absolute Gasteiger partial charge is 0.365 e. The van der Waals surface area contributed by atoms with E-state index in [-0.39, 0.29) is 29.5 Å². The van der Waals surface area contributed by atoms with Gasteiger partial charge in [0.25, 0.3) is 5.91 Å². The van der Waals surface area contributed by atoms with Crippen LogP contribution in [0.2, 0.25) is 0 Å². The van der Waals surface area contributed by atoms with Crippen LogP contribution < -0.4 is 5.32 Å². The lowest BCUT2D eigenvalue weighted by Gasteiger charge is -2.40. The average Bonchev–Trinajstić information content (AvgIpc) is 2.79. The van der Waals surface area contributed by atoms with E-state index in [2.05, 4.69) is 25.3 Å². The molecule has 3 heterocycles. The van der Waals surface area contributed by atoms with Crippen molar-refractivity contribution in [3.63, 3.8) is 0 Å². The van der Waals surface area contributed by atoms with Gasteiger partial charge in [-0.15, -0.1) is 0 Å². The Bertz CT molecular complexity index is 1190. The molecule has 4 rings (SSSR count). The third kappa shape index (κ3) is 5.00. The van der Waals surface area contributed by atoms with Crippen LogP contribution in [0.5, 0.6) is 0 Å². The molecule has 34 heavy (non-hydrogen) atoms. The molecular formula is C24H25F3N6O. The summed E-state index contributed by atoms with van der Waals surface area (Å²) >= 11 is 0. The Hall–Kier alpha value is -3.56. The monoisotopic (exact) mass is 470 g/mol. The second-order valence-corrected chi connectivity index (χ2v) is 8.47. The summed E-state index contributed by atoms with van der Waals surface area (Å²) in [4.78, 5) is 31.2. The number of alkyl halides is 3. The van der Waals surface area contributed by atoms with Crippen molar-refractivity contribution >= 4 is 11.7 Å². The van der Waals surface area contributed by atoms with Crippen molar-refractivity contribution in [2.24, 2.45) is 0 Å². The van der Waals surface area contributed by atoms with E-state index < -0.39 is 12.0 Å². The summed E-state index contributed by atoms with van der Waals surface area (Å²) in [5, 5.41) is 3.11. The molecule has 2 atom stereocenters. The van der Waals surface area contributed by atoms with Gasteiger partial charge in [0.2, 0.25) is 5.82 Å². The van der Waals surface area contributed by atoms with Gasteiger partial charge in [-0.2, -0.15) is 13.2 Å². The molecule has 0 spiro atoms. The summed E-state index contributed by atoms with van der Waals surface area (Å²) in [6.07, 6.45) is 0.00606. The van der Waals surface area contributed by atoms with E-state index >= 15 is 0 Å². The molecule has 1 unspecified atom stereocenters. The van der Waals surface area contributed by atoms with Crippen LogP contribution in [0.25, 0.3) is 11.4 Å². The van der Waals surface area contributed by atoms with Crippen LogP contribution in [0.4, 0.5) is 19.0 Å². The molecule has 1 saturated heterocycles. The Morgan fingerprint density at radius 3 is 2.56 bits per heavy atom. The first kappa shape index (κ1) is 23.6. The van der Waals surface area contributed by atoms with Crippen molar-refractivity contribution < 1.29 is 18.0 Å². The number of aryl methyl sites for hydroxylation is 2. The summed E-state index contributed by atoms with van der Waals surface area (Å²) in [5.74, 6) is -0.792. The van der Waals surface area contributed by atoms with Gasteiger partial charge in [-0.05, 0) is 45.7 Å². The molecule has 1 aliphatic heterocycles. The van der Waals surface area contributed by atoms with Crippen molar-refractivity contribution in [3.05, 3.63) is 65.4 Å². The van der Waals surface area contributed by atoms with E-state index in [1.54, 1.807) is 23.4 Å². The third-order valence-electron chi connectivity index (χ3n) is 5.90. The molecule has 2 aromatic heterocycles. The highest BCUT2D eigenvalue weighted by molar-refractivity contribution is 6.00. The lowest BCUT2D eigenvalue weighted by atomic mass is 9.95. The molecule has 1 aromatic carbocycles. The molecule has 178 valence electrons. The van der Waals surface area contributed by atoms with Gasteiger partial charge in [0.15, 0.2) is 5.82 Å². The maximum Gasteiger partial charge on any atom is 0.451 e. The first-order valence-corrected chi connectivity index (χ1v) is 11.0. The summed E-state index contributed by atoms with van der Waals surface area (Å²) in [7, 11) is 0. The average molecular weight is 470 g/mol. The Morgan fingerprint density at radius 1 is 1.12 bits per heavy atom. The molecule has 1 aliphatic rings. The zero-order chi connectivity index (χ0) is 24.5. The molecule has 0 saturated carbocycles. The number of likely N-dealkylation sites (tertiary alicyclic amines) is 1. The van der Waals surface area contributed by atoms with Crippen molar-refractivity contribution in [1.82, 2.24) is 24.8 Å². The number of nitrogens with zero attached hydrogens (tertiary/aromatic N) is 5. The zero-order valence-corrected chi connectivity index (χ0v) is 19.1. The van der Waals surface area contributed by atoms with Gasteiger partial charge in [-0.1, -0.05) is 17.7 Å². The van der Waals surface area contributed by atoms with Crippen molar-refractivity contribution in [2.75, 3.05) is 11.9 Å². The van der Waals surface area contributed by atoms with Gasteiger partial charge in [0.05, 0.1) is 5.56 Å². The van der Waals surface area contributed by atoms with Gasteiger partial charge >= 0.3 is 6.18 Å². The number of carbonyl (C=O) groups excluding carboxylic acids is 1. The second kappa shape index (κ2) is 9.36. The molecule has 1 N–H and O–H groups in total. The number of rotatable bonds is 4. The van der Waals surface area contributed by atoms with Crippen LogP contribution in [0, 0.1) is 13.8 Å². The topological polar surface area (TPSA) is 83.9 Å². The van der Waals surface area contributed by atoms with Crippen LogP contribution in [-0.4, -0.2) is 49.4 Å². The number of hydrogen-bond donors (Lipinski definition) is 1. The number of anilines is 1. The maximum atomic E-state index is 13.7. The predicted molar refractivity (Wildman–Crippen MR) is 121 cm³/mol.